The Bertz CT molecular complexity index is 283. The molecule has 2 rings (SSSR count). The molecule has 0 aromatic carbocycles. The molecule has 1 saturated carbocycles. The average molecular weight is 238 g/mol. The number of piperidine rings is 1. The Morgan fingerprint density at radius 3 is 2.35 bits per heavy atom. The lowest BCUT2D eigenvalue weighted by atomic mass is 9.73. The van der Waals surface area contributed by atoms with Crippen LogP contribution in [0.1, 0.15) is 52.9 Å². The Hall–Kier alpha value is -0.570. The van der Waals surface area contributed by atoms with Crippen LogP contribution in [0, 0.1) is 11.3 Å². The van der Waals surface area contributed by atoms with E-state index in [-0.39, 0.29) is 11.0 Å². The van der Waals surface area contributed by atoms with Crippen LogP contribution in [0.5, 0.6) is 0 Å². The lowest BCUT2D eigenvalue weighted by Gasteiger charge is -2.38. The highest BCUT2D eigenvalue weighted by atomic mass is 16.2. The van der Waals surface area contributed by atoms with Gasteiger partial charge in [-0.1, -0.05) is 12.8 Å². The van der Waals surface area contributed by atoms with Crippen molar-refractivity contribution in [3.05, 3.63) is 0 Å². The van der Waals surface area contributed by atoms with Gasteiger partial charge in [-0.2, -0.15) is 0 Å². The Balaban J connectivity index is 2.05. The maximum absolute atomic E-state index is 12.6. The molecular weight excluding hydrogens is 212 g/mol. The summed E-state index contributed by atoms with van der Waals surface area (Å²) in [5.74, 6) is 1.11. The summed E-state index contributed by atoms with van der Waals surface area (Å²) in [5.41, 5.74) is -0.196. The molecule has 2 aliphatic rings. The van der Waals surface area contributed by atoms with E-state index in [0.717, 1.165) is 38.3 Å². The number of hydrogen-bond acceptors (Lipinski definition) is 2. The summed E-state index contributed by atoms with van der Waals surface area (Å²) in [6.45, 7) is 8.18. The minimum absolute atomic E-state index is 0.0836. The Labute approximate surface area is 105 Å². The van der Waals surface area contributed by atoms with E-state index in [1.54, 1.807) is 0 Å². The second-order valence-electron chi connectivity index (χ2n) is 6.88. The van der Waals surface area contributed by atoms with E-state index in [1.807, 2.05) is 0 Å². The van der Waals surface area contributed by atoms with Gasteiger partial charge >= 0.3 is 0 Å². The fourth-order valence-electron chi connectivity index (χ4n) is 2.78. The Morgan fingerprint density at radius 2 is 1.88 bits per heavy atom. The molecule has 1 amide bonds. The van der Waals surface area contributed by atoms with Crippen LogP contribution in [0.15, 0.2) is 0 Å². The normalized spacial score (nSPS) is 24.4. The van der Waals surface area contributed by atoms with Gasteiger partial charge in [0.05, 0.1) is 5.41 Å². The van der Waals surface area contributed by atoms with Gasteiger partial charge in [0.1, 0.15) is 0 Å². The molecule has 0 spiro atoms. The monoisotopic (exact) mass is 238 g/mol. The maximum Gasteiger partial charge on any atom is 0.226 e. The molecule has 0 atom stereocenters. The molecule has 1 aliphatic carbocycles. The van der Waals surface area contributed by atoms with E-state index in [4.69, 9.17) is 0 Å². The summed E-state index contributed by atoms with van der Waals surface area (Å²) in [7, 11) is 0. The molecule has 0 aromatic rings. The molecule has 2 fully saturated rings. The van der Waals surface area contributed by atoms with E-state index in [0.29, 0.717) is 5.91 Å². The third-order valence-electron chi connectivity index (χ3n) is 3.91. The van der Waals surface area contributed by atoms with Gasteiger partial charge in [-0.25, -0.2) is 0 Å². The summed E-state index contributed by atoms with van der Waals surface area (Å²) >= 11 is 0. The van der Waals surface area contributed by atoms with Crippen molar-refractivity contribution in [3.8, 4) is 0 Å². The van der Waals surface area contributed by atoms with Gasteiger partial charge in [0.15, 0.2) is 0 Å². The third-order valence-corrected chi connectivity index (χ3v) is 3.91. The quantitative estimate of drug-likeness (QED) is 0.790. The predicted octanol–water partition coefficient (Wildman–Crippen LogP) is 2.07. The first-order valence-corrected chi connectivity index (χ1v) is 6.95. The first-order chi connectivity index (χ1) is 7.91. The highest BCUT2D eigenvalue weighted by molar-refractivity contribution is 5.83. The SMILES string of the molecule is CC(C)(C)NC(=O)C1(CC2CC2)CCNCC1. The van der Waals surface area contributed by atoms with Crippen molar-refractivity contribution in [2.45, 2.75) is 58.4 Å². The number of nitrogens with one attached hydrogen (secondary N) is 2. The Morgan fingerprint density at radius 1 is 1.29 bits per heavy atom. The largest absolute Gasteiger partial charge is 0.351 e. The van der Waals surface area contributed by atoms with Gasteiger partial charge in [0.2, 0.25) is 5.91 Å². The van der Waals surface area contributed by atoms with Gasteiger partial charge in [0, 0.05) is 5.54 Å². The fraction of sp³-hybridized carbons (Fsp3) is 0.929. The second kappa shape index (κ2) is 4.60. The molecule has 2 N–H and O–H groups in total. The van der Waals surface area contributed by atoms with Crippen LogP contribution in [-0.2, 0) is 4.79 Å². The van der Waals surface area contributed by atoms with Gasteiger partial charge in [-0.05, 0) is 59.0 Å². The molecule has 1 aliphatic heterocycles. The topological polar surface area (TPSA) is 41.1 Å². The zero-order valence-corrected chi connectivity index (χ0v) is 11.4. The molecule has 0 aromatic heterocycles. The van der Waals surface area contributed by atoms with E-state index in [9.17, 15) is 4.79 Å². The molecular formula is C14H26N2O. The number of rotatable bonds is 3. The fourth-order valence-corrected chi connectivity index (χ4v) is 2.78. The summed E-state index contributed by atoms with van der Waals surface area (Å²) in [5, 5.41) is 6.57. The molecule has 3 nitrogen and oxygen atoms in total. The van der Waals surface area contributed by atoms with Crippen LogP contribution < -0.4 is 10.6 Å². The van der Waals surface area contributed by atoms with Crippen molar-refractivity contribution in [2.75, 3.05) is 13.1 Å². The van der Waals surface area contributed by atoms with E-state index in [1.165, 1.54) is 12.8 Å². The van der Waals surface area contributed by atoms with Crippen LogP contribution in [0.2, 0.25) is 0 Å². The summed E-state index contributed by atoms with van der Waals surface area (Å²) in [6, 6.07) is 0. The molecule has 0 bridgehead atoms. The number of carbonyl (C=O) groups excluding carboxylic acids is 1. The van der Waals surface area contributed by atoms with Crippen molar-refractivity contribution in [1.29, 1.82) is 0 Å². The first-order valence-electron chi connectivity index (χ1n) is 6.95. The molecule has 0 radical (unpaired) electrons. The van der Waals surface area contributed by atoms with E-state index < -0.39 is 0 Å². The molecule has 17 heavy (non-hydrogen) atoms. The van der Waals surface area contributed by atoms with Crippen molar-refractivity contribution in [1.82, 2.24) is 10.6 Å². The van der Waals surface area contributed by atoms with Crippen molar-refractivity contribution in [3.63, 3.8) is 0 Å². The van der Waals surface area contributed by atoms with Crippen LogP contribution in [0.3, 0.4) is 0 Å². The van der Waals surface area contributed by atoms with E-state index in [2.05, 4.69) is 31.4 Å². The number of carbonyl (C=O) groups is 1. The minimum atomic E-state index is -0.113. The van der Waals surface area contributed by atoms with Crippen LogP contribution in [-0.4, -0.2) is 24.5 Å². The number of hydrogen-bond donors (Lipinski definition) is 2. The van der Waals surface area contributed by atoms with E-state index >= 15 is 0 Å². The summed E-state index contributed by atoms with van der Waals surface area (Å²) < 4.78 is 0. The van der Waals surface area contributed by atoms with Gasteiger partial charge < -0.3 is 10.6 Å². The zero-order chi connectivity index (χ0) is 12.5. The molecule has 98 valence electrons. The third kappa shape index (κ3) is 3.44. The molecule has 3 heteroatoms. The molecule has 0 unspecified atom stereocenters. The maximum atomic E-state index is 12.6. The van der Waals surface area contributed by atoms with Gasteiger partial charge in [0.25, 0.3) is 0 Å². The average Bonchev–Trinajstić information content (AvgIpc) is 3.00. The van der Waals surface area contributed by atoms with Gasteiger partial charge in [-0.15, -0.1) is 0 Å². The molecule has 1 saturated heterocycles. The van der Waals surface area contributed by atoms with Gasteiger partial charge in [-0.3, -0.25) is 4.79 Å². The second-order valence-corrected chi connectivity index (χ2v) is 6.88. The van der Waals surface area contributed by atoms with Crippen LogP contribution >= 0.6 is 0 Å². The van der Waals surface area contributed by atoms with Crippen LogP contribution in [0.25, 0.3) is 0 Å². The lowest BCUT2D eigenvalue weighted by Crippen LogP contribution is -2.52. The minimum Gasteiger partial charge on any atom is -0.351 e. The molecule has 1 heterocycles. The summed E-state index contributed by atoms with van der Waals surface area (Å²) in [6.07, 6.45) is 5.78. The number of amides is 1. The highest BCUT2D eigenvalue weighted by Crippen LogP contribution is 2.45. The van der Waals surface area contributed by atoms with Crippen molar-refractivity contribution in [2.24, 2.45) is 11.3 Å². The standard InChI is InChI=1S/C14H26N2O/c1-13(2,3)16-12(17)14(10-11-4-5-11)6-8-15-9-7-14/h11,15H,4-10H2,1-3H3,(H,16,17). The zero-order valence-electron chi connectivity index (χ0n) is 11.4. The predicted molar refractivity (Wildman–Crippen MR) is 69.8 cm³/mol. The highest BCUT2D eigenvalue weighted by Gasteiger charge is 2.44. The van der Waals surface area contributed by atoms with Crippen molar-refractivity contribution >= 4 is 5.91 Å². The smallest absolute Gasteiger partial charge is 0.226 e. The van der Waals surface area contributed by atoms with Crippen molar-refractivity contribution < 1.29 is 4.79 Å². The Kier molecular flexibility index (Phi) is 3.48. The lowest BCUT2D eigenvalue weighted by molar-refractivity contribution is -0.135. The van der Waals surface area contributed by atoms with Crippen LogP contribution in [0.4, 0.5) is 0 Å². The summed E-state index contributed by atoms with van der Waals surface area (Å²) in [4.78, 5) is 12.6. The first kappa shape index (κ1) is 12.9.